The summed E-state index contributed by atoms with van der Waals surface area (Å²) in [7, 11) is 6.49. The molecule has 0 aliphatic heterocycles. The first-order valence-corrected chi connectivity index (χ1v) is 10.8. The fraction of sp³-hybridized carbons (Fsp3) is 0.292. The van der Waals surface area contributed by atoms with E-state index in [1.165, 1.54) is 0 Å². The van der Waals surface area contributed by atoms with Gasteiger partial charge in [-0.15, -0.1) is 0 Å². The van der Waals surface area contributed by atoms with Crippen molar-refractivity contribution >= 4 is 27.8 Å². The van der Waals surface area contributed by atoms with Crippen LogP contribution in [-0.4, -0.2) is 62.6 Å². The molecular weight excluding hydrogens is 464 g/mol. The van der Waals surface area contributed by atoms with Crippen molar-refractivity contribution in [3.8, 4) is 22.9 Å². The molecule has 0 aliphatic carbocycles. The average Bonchev–Trinajstić information content (AvgIpc) is 3.44. The van der Waals surface area contributed by atoms with E-state index in [4.69, 9.17) is 14.2 Å². The Morgan fingerprint density at radius 2 is 1.78 bits per heavy atom. The summed E-state index contributed by atoms with van der Waals surface area (Å²) in [6.07, 6.45) is 5.05. The number of nitrogens with zero attached hydrogens (tertiary/aromatic N) is 5. The highest BCUT2D eigenvalue weighted by atomic mass is 16.5. The molecular formula is C24H28N8O4. The minimum absolute atomic E-state index is 0. The number of pyridine rings is 1. The summed E-state index contributed by atoms with van der Waals surface area (Å²) in [6, 6.07) is 4.81. The highest BCUT2D eigenvalue weighted by Crippen LogP contribution is 2.35. The number of ether oxygens (including phenoxy) is 3. The zero-order valence-corrected chi connectivity index (χ0v) is 19.6. The molecule has 36 heavy (non-hydrogen) atoms. The van der Waals surface area contributed by atoms with E-state index in [0.29, 0.717) is 56.5 Å². The van der Waals surface area contributed by atoms with Gasteiger partial charge in [-0.3, -0.25) is 9.48 Å². The van der Waals surface area contributed by atoms with Crippen molar-refractivity contribution in [2.45, 2.75) is 13.5 Å². The van der Waals surface area contributed by atoms with Crippen molar-refractivity contribution in [3.63, 3.8) is 0 Å². The summed E-state index contributed by atoms with van der Waals surface area (Å²) in [6.45, 7) is 0.263. The van der Waals surface area contributed by atoms with Crippen LogP contribution in [0.25, 0.3) is 33.5 Å². The van der Waals surface area contributed by atoms with Crippen molar-refractivity contribution < 1.29 is 14.2 Å². The predicted octanol–water partition coefficient (Wildman–Crippen LogP) is 3.05. The van der Waals surface area contributed by atoms with Gasteiger partial charge >= 0.3 is 0 Å². The van der Waals surface area contributed by atoms with Crippen molar-refractivity contribution in [2.24, 2.45) is 7.05 Å². The number of nitrogens with one attached hydrogen (secondary N) is 3. The van der Waals surface area contributed by atoms with E-state index >= 15 is 0 Å². The van der Waals surface area contributed by atoms with Crippen LogP contribution in [0, 0.1) is 0 Å². The number of aromatic nitrogens is 7. The van der Waals surface area contributed by atoms with E-state index in [-0.39, 0.29) is 19.6 Å². The molecule has 3 N–H and O–H groups in total. The highest BCUT2D eigenvalue weighted by Gasteiger charge is 2.24. The van der Waals surface area contributed by atoms with Crippen LogP contribution in [0.15, 0.2) is 41.6 Å². The van der Waals surface area contributed by atoms with E-state index in [2.05, 4.69) is 35.3 Å². The van der Waals surface area contributed by atoms with E-state index in [1.54, 1.807) is 69.8 Å². The highest BCUT2D eigenvalue weighted by molar-refractivity contribution is 5.96. The number of fused-ring (bicyclic) bond motifs is 2. The topological polar surface area (TPSA) is 145 Å². The lowest BCUT2D eigenvalue weighted by Crippen LogP contribution is -2.22. The van der Waals surface area contributed by atoms with Crippen molar-refractivity contribution in [1.29, 1.82) is 0 Å². The average molecular weight is 493 g/mol. The van der Waals surface area contributed by atoms with Crippen LogP contribution >= 0.6 is 0 Å². The Balaban J connectivity index is 0.00000304. The molecule has 12 heteroatoms. The standard InChI is InChI=1S/C23H24N8O4.CH4/c1-31-10-14-19(30-31)20(26-15(11-33-2)21-24-6-5-7-25-21)18(23(32)29-14)22-27-12-8-16(34-3)17(35-4)9-13(12)28-22;/h5-10,15,26H,11H2,1-4H3,(H,27,28)(H,29,32);1H4/t15-;/m1./s1. The van der Waals surface area contributed by atoms with Crippen LogP contribution in [0.4, 0.5) is 5.69 Å². The lowest BCUT2D eigenvalue weighted by molar-refractivity contribution is 0.184. The maximum Gasteiger partial charge on any atom is 0.261 e. The summed E-state index contributed by atoms with van der Waals surface area (Å²) in [4.78, 5) is 32.9. The molecule has 0 amide bonds. The summed E-state index contributed by atoms with van der Waals surface area (Å²) in [5.74, 6) is 1.95. The maximum atomic E-state index is 13.4. The molecule has 0 radical (unpaired) electrons. The molecule has 5 aromatic rings. The number of rotatable bonds is 8. The Morgan fingerprint density at radius 3 is 2.47 bits per heavy atom. The van der Waals surface area contributed by atoms with Crippen molar-refractivity contribution in [1.82, 2.24) is 34.7 Å². The van der Waals surface area contributed by atoms with E-state index in [0.717, 1.165) is 0 Å². The van der Waals surface area contributed by atoms with Crippen molar-refractivity contribution in [2.75, 3.05) is 33.3 Å². The van der Waals surface area contributed by atoms with Gasteiger partial charge in [-0.05, 0) is 6.07 Å². The van der Waals surface area contributed by atoms with Gasteiger partial charge in [0.1, 0.15) is 22.9 Å². The molecule has 0 saturated carbocycles. The van der Waals surface area contributed by atoms with Gasteiger partial charge in [-0.2, -0.15) is 5.10 Å². The molecule has 4 heterocycles. The summed E-state index contributed by atoms with van der Waals surface area (Å²) in [5.41, 5.74) is 2.88. The number of aryl methyl sites for hydroxylation is 1. The zero-order valence-electron chi connectivity index (χ0n) is 19.6. The smallest absolute Gasteiger partial charge is 0.261 e. The lowest BCUT2D eigenvalue weighted by Gasteiger charge is -2.19. The maximum absolute atomic E-state index is 13.4. The van der Waals surface area contributed by atoms with Crippen LogP contribution in [0.1, 0.15) is 19.3 Å². The molecule has 12 nitrogen and oxygen atoms in total. The molecule has 0 spiro atoms. The Kier molecular flexibility index (Phi) is 6.88. The molecule has 1 atom stereocenters. The first kappa shape index (κ1) is 24.7. The first-order chi connectivity index (χ1) is 17.0. The number of imidazole rings is 1. The van der Waals surface area contributed by atoms with Gasteiger partial charge in [0.15, 0.2) is 17.3 Å². The molecule has 0 saturated heterocycles. The number of aromatic amines is 2. The first-order valence-electron chi connectivity index (χ1n) is 10.8. The summed E-state index contributed by atoms with van der Waals surface area (Å²) in [5, 5.41) is 7.97. The number of benzene rings is 1. The molecule has 188 valence electrons. The van der Waals surface area contributed by atoms with Crippen LogP contribution in [0.3, 0.4) is 0 Å². The van der Waals surface area contributed by atoms with Gasteiger partial charge in [0.25, 0.3) is 5.56 Å². The molecule has 0 fully saturated rings. The quantitative estimate of drug-likeness (QED) is 0.297. The minimum atomic E-state index is -0.448. The SMILES string of the molecule is C.COC[C@@H](Nc1c(-c2nc3cc(OC)c(OC)cc3[nH]2)c(=O)[nH]c2cn(C)nc12)c1ncccn1. The van der Waals surface area contributed by atoms with Gasteiger partial charge < -0.3 is 29.5 Å². The second-order valence-corrected chi connectivity index (χ2v) is 7.84. The number of anilines is 1. The third kappa shape index (κ3) is 4.33. The van der Waals surface area contributed by atoms with Gasteiger partial charge in [0.2, 0.25) is 0 Å². The zero-order chi connectivity index (χ0) is 24.5. The fourth-order valence-electron chi connectivity index (χ4n) is 4.02. The van der Waals surface area contributed by atoms with Gasteiger partial charge in [0.05, 0.1) is 43.1 Å². The van der Waals surface area contributed by atoms with Gasteiger partial charge in [-0.1, -0.05) is 7.43 Å². The van der Waals surface area contributed by atoms with E-state index < -0.39 is 6.04 Å². The van der Waals surface area contributed by atoms with E-state index in [1.807, 2.05) is 0 Å². The third-order valence-electron chi connectivity index (χ3n) is 5.56. The molecule has 0 aliphatic rings. The number of hydrogen-bond acceptors (Lipinski definition) is 9. The summed E-state index contributed by atoms with van der Waals surface area (Å²) >= 11 is 0. The number of H-pyrrole nitrogens is 2. The Hall–Kier alpha value is -4.45. The minimum Gasteiger partial charge on any atom is -0.493 e. The van der Waals surface area contributed by atoms with Crippen molar-refractivity contribution in [3.05, 3.63) is 53.0 Å². The molecule has 1 aromatic carbocycles. The Labute approximate surface area is 206 Å². The molecule has 5 rings (SSSR count). The monoisotopic (exact) mass is 492 g/mol. The van der Waals surface area contributed by atoms with Gasteiger partial charge in [-0.25, -0.2) is 15.0 Å². The fourth-order valence-corrected chi connectivity index (χ4v) is 4.02. The second-order valence-electron chi connectivity index (χ2n) is 7.84. The van der Waals surface area contributed by atoms with Crippen LogP contribution in [0.5, 0.6) is 11.5 Å². The largest absolute Gasteiger partial charge is 0.493 e. The normalized spacial score (nSPS) is 11.9. The number of methoxy groups -OCH3 is 3. The third-order valence-corrected chi connectivity index (χ3v) is 5.56. The second kappa shape index (κ2) is 10.0. The number of hydrogen-bond donors (Lipinski definition) is 3. The van der Waals surface area contributed by atoms with Gasteiger partial charge in [0, 0.05) is 44.9 Å². The molecule has 0 bridgehead atoms. The van der Waals surface area contributed by atoms with Crippen LogP contribution < -0.4 is 20.3 Å². The van der Waals surface area contributed by atoms with Crippen LogP contribution in [-0.2, 0) is 11.8 Å². The van der Waals surface area contributed by atoms with Crippen LogP contribution in [0.2, 0.25) is 0 Å². The predicted molar refractivity (Wildman–Crippen MR) is 137 cm³/mol. The Bertz CT molecular complexity index is 1520. The molecule has 4 aromatic heterocycles. The lowest BCUT2D eigenvalue weighted by atomic mass is 10.1. The van der Waals surface area contributed by atoms with E-state index in [9.17, 15) is 4.79 Å². The summed E-state index contributed by atoms with van der Waals surface area (Å²) < 4.78 is 17.8. The Morgan fingerprint density at radius 1 is 1.06 bits per heavy atom. The molecule has 0 unspecified atom stereocenters.